The number of nitrogens with one attached hydrogen (secondary N) is 1. The molecule has 0 amide bonds. The van der Waals surface area contributed by atoms with Gasteiger partial charge in [0.05, 0.1) is 30.0 Å². The monoisotopic (exact) mass is 407 g/mol. The number of nitrogen functional groups attached to an aromatic ring is 1. The minimum absolute atomic E-state index is 0.0714. The van der Waals surface area contributed by atoms with Crippen LogP contribution in [0.15, 0.2) is 36.4 Å². The first-order valence-electron chi connectivity index (χ1n) is 9.55. The van der Waals surface area contributed by atoms with Crippen molar-refractivity contribution < 1.29 is 13.9 Å². The number of morpholine rings is 1. The van der Waals surface area contributed by atoms with E-state index in [0.29, 0.717) is 37.0 Å². The topological polar surface area (TPSA) is 59.8 Å². The molecular formula is C21H27ClFN3O2. The third-order valence-corrected chi connectivity index (χ3v) is 5.01. The molecule has 28 heavy (non-hydrogen) atoms. The van der Waals surface area contributed by atoms with E-state index in [1.807, 2.05) is 19.1 Å². The Bertz CT molecular complexity index is 790. The highest BCUT2D eigenvalue weighted by Gasteiger charge is 2.20. The van der Waals surface area contributed by atoms with Crippen molar-refractivity contribution in [2.45, 2.75) is 26.1 Å². The van der Waals surface area contributed by atoms with Gasteiger partial charge in [-0.25, -0.2) is 4.39 Å². The molecule has 1 aliphatic heterocycles. The van der Waals surface area contributed by atoms with Gasteiger partial charge in [-0.2, -0.15) is 0 Å². The Morgan fingerprint density at radius 2 is 2.21 bits per heavy atom. The molecule has 7 heteroatoms. The molecule has 0 aliphatic carbocycles. The maximum atomic E-state index is 13.4. The third kappa shape index (κ3) is 5.82. The van der Waals surface area contributed by atoms with E-state index in [4.69, 9.17) is 26.8 Å². The number of nitrogens with zero attached hydrogens (tertiary/aromatic N) is 1. The second-order valence-electron chi connectivity index (χ2n) is 6.90. The normalized spacial score (nSPS) is 17.6. The van der Waals surface area contributed by atoms with Crippen LogP contribution in [0, 0.1) is 5.82 Å². The van der Waals surface area contributed by atoms with E-state index in [0.717, 1.165) is 36.5 Å². The van der Waals surface area contributed by atoms with Crippen molar-refractivity contribution in [3.63, 3.8) is 0 Å². The van der Waals surface area contributed by atoms with Gasteiger partial charge in [0.25, 0.3) is 0 Å². The quantitative estimate of drug-likeness (QED) is 0.656. The van der Waals surface area contributed by atoms with Crippen molar-refractivity contribution in [2.24, 2.45) is 0 Å². The fraction of sp³-hybridized carbons (Fsp3) is 0.429. The molecule has 1 heterocycles. The molecule has 2 aromatic carbocycles. The van der Waals surface area contributed by atoms with Crippen LogP contribution >= 0.6 is 11.6 Å². The molecule has 1 fully saturated rings. The van der Waals surface area contributed by atoms with Crippen LogP contribution in [0.1, 0.15) is 18.1 Å². The van der Waals surface area contributed by atoms with Crippen LogP contribution in [0.3, 0.4) is 0 Å². The molecule has 1 aliphatic rings. The molecule has 0 saturated carbocycles. The SMILES string of the molecule is CCOc1cc(N)c(Cl)cc1CNCC1CN(Cc2cccc(F)c2)CCO1. The van der Waals surface area contributed by atoms with Crippen LogP contribution < -0.4 is 15.8 Å². The van der Waals surface area contributed by atoms with Gasteiger partial charge >= 0.3 is 0 Å². The predicted octanol–water partition coefficient (Wildman–Crippen LogP) is 3.45. The number of nitrogens with two attached hydrogens (primary N) is 1. The maximum Gasteiger partial charge on any atom is 0.125 e. The smallest absolute Gasteiger partial charge is 0.125 e. The zero-order chi connectivity index (χ0) is 19.9. The summed E-state index contributed by atoms with van der Waals surface area (Å²) in [6.45, 7) is 6.84. The second kappa shape index (κ2) is 10.1. The standard InChI is InChI=1S/C21H27ClFN3O2/c1-2-27-21-10-20(24)19(22)9-16(21)11-25-12-18-14-26(6-7-28-18)13-15-4-3-5-17(23)8-15/h3-5,8-10,18,25H,2,6-7,11-14,24H2,1H3. The number of benzene rings is 2. The lowest BCUT2D eigenvalue weighted by molar-refractivity contribution is -0.0300. The molecule has 2 aromatic rings. The highest BCUT2D eigenvalue weighted by molar-refractivity contribution is 6.33. The van der Waals surface area contributed by atoms with Crippen LogP contribution in [0.25, 0.3) is 0 Å². The van der Waals surface area contributed by atoms with Gasteiger partial charge < -0.3 is 20.5 Å². The number of ether oxygens (including phenoxy) is 2. The number of hydrogen-bond donors (Lipinski definition) is 2. The molecule has 0 aromatic heterocycles. The van der Waals surface area contributed by atoms with Crippen molar-refractivity contribution in [2.75, 3.05) is 38.6 Å². The molecule has 0 radical (unpaired) electrons. The van der Waals surface area contributed by atoms with E-state index in [2.05, 4.69) is 10.2 Å². The summed E-state index contributed by atoms with van der Waals surface area (Å²) in [7, 11) is 0. The molecule has 3 rings (SSSR count). The fourth-order valence-corrected chi connectivity index (χ4v) is 3.53. The highest BCUT2D eigenvalue weighted by Crippen LogP contribution is 2.29. The van der Waals surface area contributed by atoms with Crippen molar-refractivity contribution in [1.29, 1.82) is 0 Å². The molecule has 5 nitrogen and oxygen atoms in total. The molecule has 3 N–H and O–H groups in total. The summed E-state index contributed by atoms with van der Waals surface area (Å²) in [5, 5.41) is 3.94. The van der Waals surface area contributed by atoms with E-state index >= 15 is 0 Å². The largest absolute Gasteiger partial charge is 0.493 e. The first-order valence-corrected chi connectivity index (χ1v) is 9.92. The Hall–Kier alpha value is -1.86. The summed E-state index contributed by atoms with van der Waals surface area (Å²) in [6, 6.07) is 10.4. The van der Waals surface area contributed by atoms with E-state index in [1.165, 1.54) is 6.07 Å². The zero-order valence-electron chi connectivity index (χ0n) is 16.1. The summed E-state index contributed by atoms with van der Waals surface area (Å²) >= 11 is 6.15. The molecule has 1 saturated heterocycles. The van der Waals surface area contributed by atoms with Crippen molar-refractivity contribution in [1.82, 2.24) is 10.2 Å². The summed E-state index contributed by atoms with van der Waals surface area (Å²) in [5.74, 6) is 0.547. The zero-order valence-corrected chi connectivity index (χ0v) is 16.8. The Labute approximate surface area is 170 Å². The van der Waals surface area contributed by atoms with Gasteiger partial charge in [-0.15, -0.1) is 0 Å². The Morgan fingerprint density at radius 3 is 3.00 bits per heavy atom. The second-order valence-corrected chi connectivity index (χ2v) is 7.31. The number of anilines is 1. The first kappa shape index (κ1) is 20.9. The Morgan fingerprint density at radius 1 is 1.36 bits per heavy atom. The average Bonchev–Trinajstić information content (AvgIpc) is 2.66. The lowest BCUT2D eigenvalue weighted by atomic mass is 10.1. The highest BCUT2D eigenvalue weighted by atomic mass is 35.5. The van der Waals surface area contributed by atoms with E-state index < -0.39 is 0 Å². The summed E-state index contributed by atoms with van der Waals surface area (Å²) in [6.07, 6.45) is 0.0714. The summed E-state index contributed by atoms with van der Waals surface area (Å²) in [5.41, 5.74) is 8.33. The van der Waals surface area contributed by atoms with Crippen LogP contribution in [0.5, 0.6) is 5.75 Å². The lowest BCUT2D eigenvalue weighted by Crippen LogP contribution is -2.46. The molecular weight excluding hydrogens is 381 g/mol. The van der Waals surface area contributed by atoms with Crippen LogP contribution in [-0.2, 0) is 17.8 Å². The van der Waals surface area contributed by atoms with Gasteiger partial charge in [-0.05, 0) is 30.7 Å². The summed E-state index contributed by atoms with van der Waals surface area (Å²) < 4.78 is 24.9. The van der Waals surface area contributed by atoms with Gasteiger partial charge in [0.2, 0.25) is 0 Å². The third-order valence-electron chi connectivity index (χ3n) is 4.69. The van der Waals surface area contributed by atoms with E-state index in [-0.39, 0.29) is 11.9 Å². The molecule has 1 atom stereocenters. The number of hydrogen-bond acceptors (Lipinski definition) is 5. The van der Waals surface area contributed by atoms with Gasteiger partial charge in [0, 0.05) is 44.4 Å². The number of halogens is 2. The Balaban J connectivity index is 1.51. The Kier molecular flexibility index (Phi) is 7.50. The average molecular weight is 408 g/mol. The lowest BCUT2D eigenvalue weighted by Gasteiger charge is -2.33. The molecule has 1 unspecified atom stereocenters. The minimum Gasteiger partial charge on any atom is -0.493 e. The van der Waals surface area contributed by atoms with Gasteiger partial charge in [0.1, 0.15) is 11.6 Å². The predicted molar refractivity (Wildman–Crippen MR) is 110 cm³/mol. The van der Waals surface area contributed by atoms with E-state index in [9.17, 15) is 4.39 Å². The van der Waals surface area contributed by atoms with Crippen LogP contribution in [0.2, 0.25) is 5.02 Å². The van der Waals surface area contributed by atoms with Crippen molar-refractivity contribution in [3.8, 4) is 5.75 Å². The molecule has 152 valence electrons. The van der Waals surface area contributed by atoms with Crippen LogP contribution in [-0.4, -0.2) is 43.9 Å². The molecule has 0 bridgehead atoms. The van der Waals surface area contributed by atoms with Crippen molar-refractivity contribution >= 4 is 17.3 Å². The van der Waals surface area contributed by atoms with Gasteiger partial charge in [-0.1, -0.05) is 23.7 Å². The first-order chi connectivity index (χ1) is 13.5. The molecule has 0 spiro atoms. The maximum absolute atomic E-state index is 13.4. The van der Waals surface area contributed by atoms with E-state index in [1.54, 1.807) is 18.2 Å². The van der Waals surface area contributed by atoms with Crippen LogP contribution in [0.4, 0.5) is 10.1 Å². The fourth-order valence-electron chi connectivity index (χ4n) is 3.35. The minimum atomic E-state index is -0.198. The summed E-state index contributed by atoms with van der Waals surface area (Å²) in [4.78, 5) is 2.29. The van der Waals surface area contributed by atoms with Crippen molar-refractivity contribution in [3.05, 3.63) is 58.4 Å². The van der Waals surface area contributed by atoms with Gasteiger partial charge in [-0.3, -0.25) is 4.90 Å². The number of rotatable bonds is 8. The van der Waals surface area contributed by atoms with Gasteiger partial charge in [0.15, 0.2) is 0 Å².